The molecule has 0 rings (SSSR count). The molecule has 6 nitrogen and oxygen atoms in total. The number of carbonyl (C=O) groups is 2. The van der Waals surface area contributed by atoms with Gasteiger partial charge in [-0.15, -0.1) is 0 Å². The van der Waals surface area contributed by atoms with Crippen molar-refractivity contribution in [1.82, 2.24) is 5.32 Å². The van der Waals surface area contributed by atoms with E-state index in [9.17, 15) is 19.8 Å². The Morgan fingerprint density at radius 3 is 0.934 bits per heavy atom. The molecule has 452 valence electrons. The summed E-state index contributed by atoms with van der Waals surface area (Å²) in [5.41, 5.74) is 0. The summed E-state index contributed by atoms with van der Waals surface area (Å²) < 4.78 is 5.51. The number of rotatable bonds is 66. The van der Waals surface area contributed by atoms with Gasteiger partial charge in [0.25, 0.3) is 0 Å². The monoisotopic (exact) mass is 1070 g/mol. The third-order valence-corrected chi connectivity index (χ3v) is 16.6. The summed E-state index contributed by atoms with van der Waals surface area (Å²) in [5, 5.41) is 23.2. The number of allylic oxidation sites excluding steroid dienone is 2. The van der Waals surface area contributed by atoms with Crippen molar-refractivity contribution in [3.8, 4) is 0 Å². The zero-order valence-electron chi connectivity index (χ0n) is 51.8. The van der Waals surface area contributed by atoms with Crippen LogP contribution in [0.15, 0.2) is 12.2 Å². The minimum Gasteiger partial charge on any atom is -0.466 e. The van der Waals surface area contributed by atoms with E-state index in [1.165, 1.54) is 327 Å². The highest BCUT2D eigenvalue weighted by molar-refractivity contribution is 5.76. The summed E-state index contributed by atoms with van der Waals surface area (Å²) in [6.07, 6.45) is 81.3. The first kappa shape index (κ1) is 74.6. The Balaban J connectivity index is 3.28. The van der Waals surface area contributed by atoms with E-state index in [2.05, 4.69) is 31.3 Å². The molecule has 6 heteroatoms. The molecule has 0 aliphatic carbocycles. The predicted octanol–water partition coefficient (Wildman–Crippen LogP) is 22.4. The standard InChI is InChI=1S/C70H137NO5/c1-3-5-7-9-11-13-15-16-17-18-35-38-41-44-48-52-56-60-64-70(75)76-65-61-57-53-49-45-42-39-36-33-31-29-27-25-23-21-19-20-22-24-26-28-30-32-34-37-40-43-47-51-55-59-63-69(74)71-67(66-72)68(73)62-58-54-50-46-14-12-10-8-6-4-2/h17-18,67-68,72-73H,3-16,19-66H2,1-2H3,(H,71,74)/b18-17-. The van der Waals surface area contributed by atoms with Gasteiger partial charge in [-0.05, 0) is 51.4 Å². The van der Waals surface area contributed by atoms with Crippen molar-refractivity contribution in [3.05, 3.63) is 12.2 Å². The number of hydrogen-bond donors (Lipinski definition) is 3. The second-order valence-electron chi connectivity index (χ2n) is 24.2. The van der Waals surface area contributed by atoms with E-state index < -0.39 is 12.1 Å². The molecule has 0 aromatic rings. The van der Waals surface area contributed by atoms with Gasteiger partial charge in [-0.2, -0.15) is 0 Å². The summed E-state index contributed by atoms with van der Waals surface area (Å²) in [6.45, 7) is 4.97. The lowest BCUT2D eigenvalue weighted by Gasteiger charge is -2.22. The molecule has 0 radical (unpaired) electrons. The van der Waals surface area contributed by atoms with Crippen LogP contribution >= 0.6 is 0 Å². The summed E-state index contributed by atoms with van der Waals surface area (Å²) in [7, 11) is 0. The Morgan fingerprint density at radius 1 is 0.355 bits per heavy atom. The number of nitrogens with one attached hydrogen (secondary N) is 1. The van der Waals surface area contributed by atoms with E-state index in [1.807, 2.05) is 0 Å². The SMILES string of the molecule is CCCCCCCCC/C=C\CCCCCCCCCC(=O)OCCCCCCCCCCCCCCCCCCCCCCCCCCCCCCCCCC(=O)NC(CO)C(O)CCCCCCCCCCCC. The number of aliphatic hydroxyl groups is 2. The van der Waals surface area contributed by atoms with E-state index in [0.29, 0.717) is 25.9 Å². The smallest absolute Gasteiger partial charge is 0.305 e. The van der Waals surface area contributed by atoms with Gasteiger partial charge in [-0.3, -0.25) is 9.59 Å². The fraction of sp³-hybridized carbons (Fsp3) is 0.943. The molecule has 1 amide bonds. The van der Waals surface area contributed by atoms with Crippen molar-refractivity contribution >= 4 is 11.9 Å². The van der Waals surface area contributed by atoms with Crippen LogP contribution in [0.2, 0.25) is 0 Å². The molecule has 0 fully saturated rings. The second-order valence-corrected chi connectivity index (χ2v) is 24.2. The van der Waals surface area contributed by atoms with Gasteiger partial charge in [0.15, 0.2) is 0 Å². The maximum atomic E-state index is 12.4. The van der Waals surface area contributed by atoms with Crippen LogP contribution in [0.25, 0.3) is 0 Å². The first-order valence-corrected chi connectivity index (χ1v) is 34.9. The van der Waals surface area contributed by atoms with E-state index in [-0.39, 0.29) is 18.5 Å². The second kappa shape index (κ2) is 66.1. The Labute approximate surface area is 476 Å². The summed E-state index contributed by atoms with van der Waals surface area (Å²) in [6, 6.07) is -0.535. The molecule has 76 heavy (non-hydrogen) atoms. The maximum Gasteiger partial charge on any atom is 0.305 e. The molecule has 0 aliphatic rings. The topological polar surface area (TPSA) is 95.9 Å². The molecule has 0 bridgehead atoms. The quantitative estimate of drug-likeness (QED) is 0.0320. The summed E-state index contributed by atoms with van der Waals surface area (Å²) in [5.74, 6) is -0.0117. The maximum absolute atomic E-state index is 12.4. The Hall–Kier alpha value is -1.40. The summed E-state index contributed by atoms with van der Waals surface area (Å²) in [4.78, 5) is 24.5. The number of esters is 1. The number of ether oxygens (including phenoxy) is 1. The van der Waals surface area contributed by atoms with Crippen molar-refractivity contribution in [2.24, 2.45) is 0 Å². The minimum absolute atomic E-state index is 0.0186. The van der Waals surface area contributed by atoms with Gasteiger partial charge < -0.3 is 20.3 Å². The van der Waals surface area contributed by atoms with Crippen LogP contribution in [-0.2, 0) is 14.3 Å². The normalized spacial score (nSPS) is 12.5. The van der Waals surface area contributed by atoms with Crippen molar-refractivity contribution in [2.75, 3.05) is 13.2 Å². The minimum atomic E-state index is -0.658. The Bertz CT molecular complexity index is 1140. The molecular weight excluding hydrogens is 935 g/mol. The molecule has 0 saturated carbocycles. The van der Waals surface area contributed by atoms with Crippen LogP contribution in [0.1, 0.15) is 399 Å². The largest absolute Gasteiger partial charge is 0.466 e. The molecule has 3 N–H and O–H groups in total. The first-order chi connectivity index (χ1) is 37.5. The zero-order chi connectivity index (χ0) is 55.0. The molecule has 0 saturated heterocycles. The first-order valence-electron chi connectivity index (χ1n) is 34.9. The lowest BCUT2D eigenvalue weighted by Crippen LogP contribution is -2.45. The number of aliphatic hydroxyl groups excluding tert-OH is 2. The third kappa shape index (κ3) is 61.8. The highest BCUT2D eigenvalue weighted by atomic mass is 16.5. The number of unbranched alkanes of at least 4 members (excludes halogenated alkanes) is 53. The van der Waals surface area contributed by atoms with Crippen molar-refractivity contribution in [1.29, 1.82) is 0 Å². The fourth-order valence-electron chi connectivity index (χ4n) is 11.2. The van der Waals surface area contributed by atoms with Crippen LogP contribution in [0.5, 0.6) is 0 Å². The fourth-order valence-corrected chi connectivity index (χ4v) is 11.2. The third-order valence-electron chi connectivity index (χ3n) is 16.6. The Kier molecular flexibility index (Phi) is 64.9. The van der Waals surface area contributed by atoms with Crippen LogP contribution < -0.4 is 5.32 Å². The highest BCUT2D eigenvalue weighted by Crippen LogP contribution is 2.19. The lowest BCUT2D eigenvalue weighted by atomic mass is 10.0. The average Bonchev–Trinajstić information content (AvgIpc) is 3.42. The van der Waals surface area contributed by atoms with Gasteiger partial charge >= 0.3 is 5.97 Å². The molecule has 0 spiro atoms. The number of amides is 1. The summed E-state index contributed by atoms with van der Waals surface area (Å²) >= 11 is 0. The molecule has 2 atom stereocenters. The van der Waals surface area contributed by atoms with Crippen molar-refractivity contribution in [2.45, 2.75) is 411 Å². The highest BCUT2D eigenvalue weighted by Gasteiger charge is 2.20. The predicted molar refractivity (Wildman–Crippen MR) is 333 cm³/mol. The Morgan fingerprint density at radius 2 is 0.618 bits per heavy atom. The van der Waals surface area contributed by atoms with E-state index >= 15 is 0 Å². The van der Waals surface area contributed by atoms with Crippen LogP contribution in [0.3, 0.4) is 0 Å². The van der Waals surface area contributed by atoms with Gasteiger partial charge in [0, 0.05) is 12.8 Å². The van der Waals surface area contributed by atoms with Gasteiger partial charge in [0.2, 0.25) is 5.91 Å². The van der Waals surface area contributed by atoms with E-state index in [4.69, 9.17) is 4.74 Å². The molecule has 0 aromatic heterocycles. The van der Waals surface area contributed by atoms with Gasteiger partial charge in [-0.25, -0.2) is 0 Å². The molecule has 0 heterocycles. The molecule has 2 unspecified atom stereocenters. The van der Waals surface area contributed by atoms with E-state index in [0.717, 1.165) is 38.5 Å². The van der Waals surface area contributed by atoms with Gasteiger partial charge in [0.1, 0.15) is 0 Å². The average molecular weight is 1070 g/mol. The van der Waals surface area contributed by atoms with Crippen molar-refractivity contribution in [3.63, 3.8) is 0 Å². The number of hydrogen-bond acceptors (Lipinski definition) is 5. The molecular formula is C70H137NO5. The van der Waals surface area contributed by atoms with Crippen LogP contribution in [0, 0.1) is 0 Å². The van der Waals surface area contributed by atoms with Crippen LogP contribution in [-0.4, -0.2) is 47.4 Å². The number of carbonyl (C=O) groups excluding carboxylic acids is 2. The molecule has 0 aromatic carbocycles. The zero-order valence-corrected chi connectivity index (χ0v) is 51.8. The van der Waals surface area contributed by atoms with Crippen LogP contribution in [0.4, 0.5) is 0 Å². The van der Waals surface area contributed by atoms with E-state index in [1.54, 1.807) is 0 Å². The lowest BCUT2D eigenvalue weighted by molar-refractivity contribution is -0.143. The molecule has 0 aliphatic heterocycles. The van der Waals surface area contributed by atoms with Gasteiger partial charge in [-0.1, -0.05) is 347 Å². The van der Waals surface area contributed by atoms with Gasteiger partial charge in [0.05, 0.1) is 25.4 Å². The van der Waals surface area contributed by atoms with Crippen molar-refractivity contribution < 1.29 is 24.5 Å².